The molecule has 2 aromatic rings. The predicted octanol–water partition coefficient (Wildman–Crippen LogP) is 1.85. The summed E-state index contributed by atoms with van der Waals surface area (Å²) in [5.41, 5.74) is 0.482. The molecular formula is C18H22N4O3. The Balaban J connectivity index is 2.19. The third-order valence-electron chi connectivity index (χ3n) is 4.98. The van der Waals surface area contributed by atoms with Crippen LogP contribution in [0.15, 0.2) is 17.1 Å². The van der Waals surface area contributed by atoms with Crippen molar-refractivity contribution in [3.8, 4) is 6.07 Å². The first-order valence-corrected chi connectivity index (χ1v) is 8.17. The summed E-state index contributed by atoms with van der Waals surface area (Å²) in [7, 11) is 1.69. The molecule has 1 fully saturated rings. The zero-order valence-electron chi connectivity index (χ0n) is 15.6. The van der Waals surface area contributed by atoms with E-state index in [2.05, 4.69) is 9.97 Å². The summed E-state index contributed by atoms with van der Waals surface area (Å²) in [6, 6.07) is 3.57. The number of nitrogens with zero attached hydrogens (tertiary/aromatic N) is 3. The van der Waals surface area contributed by atoms with Gasteiger partial charge in [0.05, 0.1) is 36.1 Å². The number of rotatable bonds is 3. The predicted molar refractivity (Wildman–Crippen MR) is 94.6 cm³/mol. The Hall–Kier alpha value is -2.43. The fourth-order valence-electron chi connectivity index (χ4n) is 3.22. The Bertz CT molecular complexity index is 934. The van der Waals surface area contributed by atoms with Crippen LogP contribution in [0.5, 0.6) is 0 Å². The van der Waals surface area contributed by atoms with E-state index in [4.69, 9.17) is 6.11 Å². The first-order valence-electron chi connectivity index (χ1n) is 8.67. The summed E-state index contributed by atoms with van der Waals surface area (Å²) < 4.78 is 13.4. The second kappa shape index (κ2) is 6.47. The average molecular weight is 343 g/mol. The second-order valence-corrected chi connectivity index (χ2v) is 6.63. The Morgan fingerprint density at radius 2 is 2.24 bits per heavy atom. The van der Waals surface area contributed by atoms with Crippen molar-refractivity contribution in [3.05, 3.63) is 33.9 Å². The smallest absolute Gasteiger partial charge is 0.268 e. The molecule has 0 radical (unpaired) electrons. The van der Waals surface area contributed by atoms with Crippen LogP contribution in [0.25, 0.3) is 10.9 Å². The molecule has 132 valence electrons. The molecule has 1 aliphatic rings. The fourth-order valence-corrected chi connectivity index (χ4v) is 3.22. The molecule has 3 rings (SSSR count). The molecule has 1 atom stereocenters. The summed E-state index contributed by atoms with van der Waals surface area (Å²) in [6.45, 7) is 4.63. The monoisotopic (exact) mass is 343 g/mol. The number of pyridine rings is 2. The Morgan fingerprint density at radius 1 is 1.56 bits per heavy atom. The van der Waals surface area contributed by atoms with E-state index in [-0.39, 0.29) is 16.9 Å². The van der Waals surface area contributed by atoms with Gasteiger partial charge in [0.25, 0.3) is 5.56 Å². The number of anilines is 1. The standard InChI is InChI=1S/C18H22N4O3/c1-11(23)14-8-12-15(10-20-14)21-17(24)13(9-19)16(12)22-6-4-18(2,25-3)5-7-22/h8,10-11,23H,4-7H2,1-3H3,(H,21,24)/t11-/m1/s1/i11D. The van der Waals surface area contributed by atoms with E-state index in [1.54, 1.807) is 13.2 Å². The number of aromatic amines is 1. The van der Waals surface area contributed by atoms with Gasteiger partial charge >= 0.3 is 0 Å². The van der Waals surface area contributed by atoms with Gasteiger partial charge in [-0.25, -0.2) is 0 Å². The summed E-state index contributed by atoms with van der Waals surface area (Å²) in [6.07, 6.45) is 1.07. The van der Waals surface area contributed by atoms with E-state index < -0.39 is 11.6 Å². The number of ether oxygens (including phenoxy) is 1. The summed E-state index contributed by atoms with van der Waals surface area (Å²) in [5.74, 6) is 0. The summed E-state index contributed by atoms with van der Waals surface area (Å²) >= 11 is 0. The normalized spacial score (nSPS) is 20.0. The Kier molecular flexibility index (Phi) is 4.15. The molecule has 3 heterocycles. The number of aromatic nitrogens is 2. The van der Waals surface area contributed by atoms with Gasteiger partial charge in [-0.05, 0) is 32.8 Å². The number of H-pyrrole nitrogens is 1. The molecule has 7 nitrogen and oxygen atoms in total. The van der Waals surface area contributed by atoms with Crippen LogP contribution in [0.2, 0.25) is 0 Å². The van der Waals surface area contributed by atoms with Crippen LogP contribution in [0.1, 0.15) is 45.4 Å². The van der Waals surface area contributed by atoms with Crippen LogP contribution in [0.3, 0.4) is 0 Å². The molecule has 2 N–H and O–H groups in total. The van der Waals surface area contributed by atoms with E-state index in [1.165, 1.54) is 13.1 Å². The van der Waals surface area contributed by atoms with Gasteiger partial charge in [0.1, 0.15) is 11.6 Å². The number of aliphatic hydroxyl groups is 1. The molecule has 25 heavy (non-hydrogen) atoms. The number of methoxy groups -OCH3 is 1. The molecule has 7 heteroatoms. The van der Waals surface area contributed by atoms with Gasteiger partial charge in [-0.2, -0.15) is 5.26 Å². The van der Waals surface area contributed by atoms with E-state index in [0.717, 1.165) is 12.8 Å². The lowest BCUT2D eigenvalue weighted by Gasteiger charge is -2.40. The summed E-state index contributed by atoms with van der Waals surface area (Å²) in [5, 5.41) is 20.1. The number of nitriles is 1. The second-order valence-electron chi connectivity index (χ2n) is 6.63. The third-order valence-corrected chi connectivity index (χ3v) is 4.98. The first kappa shape index (κ1) is 16.1. The number of nitrogens with one attached hydrogen (secondary N) is 1. The van der Waals surface area contributed by atoms with Crippen molar-refractivity contribution in [3.63, 3.8) is 0 Å². The van der Waals surface area contributed by atoms with Gasteiger partial charge in [0.15, 0.2) is 0 Å². The highest BCUT2D eigenvalue weighted by Gasteiger charge is 2.32. The number of hydrogen-bond donors (Lipinski definition) is 2. The zero-order valence-corrected chi connectivity index (χ0v) is 14.6. The fraction of sp³-hybridized carbons (Fsp3) is 0.500. The minimum atomic E-state index is -1.87. The maximum atomic E-state index is 12.3. The van der Waals surface area contributed by atoms with Crippen LogP contribution in [0.4, 0.5) is 5.69 Å². The highest BCUT2D eigenvalue weighted by Crippen LogP contribution is 2.33. The SMILES string of the molecule is [2H][C@](C)(O)c1cc2c(N3CCC(C)(OC)CC3)c(C#N)c(=O)[nH]c2cn1. The summed E-state index contributed by atoms with van der Waals surface area (Å²) in [4.78, 5) is 21.1. The van der Waals surface area contributed by atoms with Crippen LogP contribution in [0, 0.1) is 11.3 Å². The van der Waals surface area contributed by atoms with E-state index in [1.807, 2.05) is 17.9 Å². The van der Waals surface area contributed by atoms with Crippen molar-refractivity contribution in [2.45, 2.75) is 38.4 Å². The van der Waals surface area contributed by atoms with Crippen molar-refractivity contribution in [2.24, 2.45) is 0 Å². The molecule has 0 unspecified atom stereocenters. The molecule has 0 aromatic carbocycles. The van der Waals surface area contributed by atoms with Crippen LogP contribution >= 0.6 is 0 Å². The molecule has 1 saturated heterocycles. The number of piperidine rings is 1. The molecule has 1 aliphatic heterocycles. The number of hydrogen-bond acceptors (Lipinski definition) is 6. The van der Waals surface area contributed by atoms with Crippen LogP contribution < -0.4 is 10.5 Å². The zero-order chi connectivity index (χ0) is 19.1. The maximum Gasteiger partial charge on any atom is 0.268 e. The number of fused-ring (bicyclic) bond motifs is 1. The van der Waals surface area contributed by atoms with Crippen molar-refractivity contribution in [1.82, 2.24) is 9.97 Å². The Labute approximate surface area is 147 Å². The van der Waals surface area contributed by atoms with Crippen LogP contribution in [-0.4, -0.2) is 40.9 Å². The highest BCUT2D eigenvalue weighted by molar-refractivity contribution is 5.94. The molecule has 0 aliphatic carbocycles. The molecule has 0 saturated carbocycles. The minimum Gasteiger partial charge on any atom is -0.387 e. The van der Waals surface area contributed by atoms with E-state index >= 15 is 0 Å². The van der Waals surface area contributed by atoms with Gasteiger partial charge < -0.3 is 19.7 Å². The van der Waals surface area contributed by atoms with Gasteiger partial charge in [-0.15, -0.1) is 0 Å². The van der Waals surface area contributed by atoms with Gasteiger partial charge in [0.2, 0.25) is 0 Å². The van der Waals surface area contributed by atoms with E-state index in [9.17, 15) is 15.2 Å². The van der Waals surface area contributed by atoms with Crippen LogP contribution in [-0.2, 0) is 4.74 Å². The van der Waals surface area contributed by atoms with Crippen molar-refractivity contribution >= 4 is 16.6 Å². The largest absolute Gasteiger partial charge is 0.387 e. The van der Waals surface area contributed by atoms with E-state index in [0.29, 0.717) is 29.7 Å². The third kappa shape index (κ3) is 3.11. The molecule has 2 aromatic heterocycles. The molecule has 0 bridgehead atoms. The van der Waals surface area contributed by atoms with Crippen molar-refractivity contribution < 1.29 is 11.2 Å². The lowest BCUT2D eigenvalue weighted by Crippen LogP contribution is -2.44. The highest BCUT2D eigenvalue weighted by atomic mass is 16.5. The maximum absolute atomic E-state index is 12.3. The van der Waals surface area contributed by atoms with Gasteiger partial charge in [0, 0.05) is 25.6 Å². The lowest BCUT2D eigenvalue weighted by atomic mass is 9.92. The average Bonchev–Trinajstić information content (AvgIpc) is 2.60. The first-order chi connectivity index (χ1) is 12.2. The minimum absolute atomic E-state index is 0.0280. The lowest BCUT2D eigenvalue weighted by molar-refractivity contribution is -0.0132. The van der Waals surface area contributed by atoms with Gasteiger partial charge in [-0.3, -0.25) is 9.78 Å². The topological polar surface area (TPSA) is 102 Å². The Morgan fingerprint density at radius 3 is 2.80 bits per heavy atom. The van der Waals surface area contributed by atoms with Crippen molar-refractivity contribution in [1.29, 1.82) is 5.26 Å². The van der Waals surface area contributed by atoms with Crippen molar-refractivity contribution in [2.75, 3.05) is 25.1 Å². The molecule has 0 amide bonds. The van der Waals surface area contributed by atoms with Gasteiger partial charge in [-0.1, -0.05) is 0 Å². The molecule has 0 spiro atoms. The quantitative estimate of drug-likeness (QED) is 0.882. The molecular weight excluding hydrogens is 320 g/mol.